The minimum atomic E-state index is -0.558. The van der Waals surface area contributed by atoms with Crippen LogP contribution in [0.4, 0.5) is 0 Å². The van der Waals surface area contributed by atoms with Gasteiger partial charge in [0.05, 0.1) is 10.6 Å². The molecular formula is C19H29ClN2O2S. The smallest absolute Gasteiger partial charge is 0.253 e. The lowest BCUT2D eigenvalue weighted by Crippen LogP contribution is -2.49. The number of hydrogen-bond acceptors (Lipinski definition) is 3. The number of carbonyl (C=O) groups excluding carboxylic acids is 2. The van der Waals surface area contributed by atoms with Gasteiger partial charge in [-0.05, 0) is 56.2 Å². The Morgan fingerprint density at radius 3 is 2.36 bits per heavy atom. The molecule has 0 aromatic heterocycles. The van der Waals surface area contributed by atoms with E-state index in [9.17, 15) is 9.59 Å². The lowest BCUT2D eigenvalue weighted by Gasteiger charge is -2.22. The Morgan fingerprint density at radius 1 is 1.08 bits per heavy atom. The molecule has 0 fully saturated rings. The Hall–Kier alpha value is -1.20. The van der Waals surface area contributed by atoms with Crippen LogP contribution in [0.15, 0.2) is 24.3 Å². The molecule has 25 heavy (non-hydrogen) atoms. The fraction of sp³-hybridized carbons (Fsp3) is 0.579. The lowest BCUT2D eigenvalue weighted by molar-refractivity contribution is -0.123. The van der Waals surface area contributed by atoms with Crippen LogP contribution >= 0.6 is 23.4 Å². The summed E-state index contributed by atoms with van der Waals surface area (Å²) < 4.78 is 0. The maximum atomic E-state index is 12.6. The monoisotopic (exact) mass is 384 g/mol. The van der Waals surface area contributed by atoms with Gasteiger partial charge in [-0.1, -0.05) is 37.6 Å². The number of halogens is 1. The van der Waals surface area contributed by atoms with Crippen LogP contribution < -0.4 is 10.6 Å². The number of rotatable bonds is 10. The molecule has 140 valence electrons. The summed E-state index contributed by atoms with van der Waals surface area (Å²) in [4.78, 5) is 25.0. The minimum Gasteiger partial charge on any atom is -0.352 e. The molecule has 6 heteroatoms. The number of thioether (sulfide) groups is 1. The van der Waals surface area contributed by atoms with E-state index in [0.717, 1.165) is 18.6 Å². The van der Waals surface area contributed by atoms with Gasteiger partial charge in [-0.2, -0.15) is 11.8 Å². The molecule has 1 rings (SSSR count). The molecule has 1 aromatic carbocycles. The van der Waals surface area contributed by atoms with E-state index in [1.165, 1.54) is 0 Å². The highest BCUT2D eigenvalue weighted by atomic mass is 35.5. The van der Waals surface area contributed by atoms with Gasteiger partial charge >= 0.3 is 0 Å². The predicted octanol–water partition coefficient (Wildman–Crippen LogP) is 4.13. The van der Waals surface area contributed by atoms with E-state index in [1.807, 2.05) is 13.2 Å². The average Bonchev–Trinajstić information content (AvgIpc) is 2.56. The Balaban J connectivity index is 2.70. The van der Waals surface area contributed by atoms with Crippen molar-refractivity contribution in [1.82, 2.24) is 10.6 Å². The van der Waals surface area contributed by atoms with Crippen LogP contribution in [0.5, 0.6) is 0 Å². The van der Waals surface area contributed by atoms with Crippen molar-refractivity contribution in [1.29, 1.82) is 0 Å². The van der Waals surface area contributed by atoms with Gasteiger partial charge in [0.25, 0.3) is 5.91 Å². The molecular weight excluding hydrogens is 356 g/mol. The standard InChI is InChI=1S/C19H29ClN2O2S/c1-13(2)9-10-14(3)21-19(24)17(11-12-25-4)22-18(23)15-7-5-6-8-16(15)20/h5-8,13-14,17H,9-12H2,1-4H3,(H,21,24)(H,22,23)/t14-,17-/m0/s1. The fourth-order valence-electron chi connectivity index (χ4n) is 2.38. The maximum Gasteiger partial charge on any atom is 0.253 e. The summed E-state index contributed by atoms with van der Waals surface area (Å²) in [5.41, 5.74) is 0.388. The summed E-state index contributed by atoms with van der Waals surface area (Å²) in [7, 11) is 0. The quantitative estimate of drug-likeness (QED) is 0.637. The van der Waals surface area contributed by atoms with Crippen LogP contribution in [-0.4, -0.2) is 35.9 Å². The highest BCUT2D eigenvalue weighted by molar-refractivity contribution is 7.98. The summed E-state index contributed by atoms with van der Waals surface area (Å²) in [6.45, 7) is 6.33. The molecule has 0 aliphatic carbocycles. The number of nitrogens with one attached hydrogen (secondary N) is 2. The zero-order valence-electron chi connectivity index (χ0n) is 15.5. The molecule has 2 atom stereocenters. The van der Waals surface area contributed by atoms with Crippen LogP contribution in [-0.2, 0) is 4.79 Å². The average molecular weight is 385 g/mol. The Bertz CT molecular complexity index is 566. The van der Waals surface area contributed by atoms with Crippen molar-refractivity contribution in [3.8, 4) is 0 Å². The number of hydrogen-bond donors (Lipinski definition) is 2. The molecule has 1 aromatic rings. The van der Waals surface area contributed by atoms with E-state index in [0.29, 0.717) is 22.9 Å². The largest absolute Gasteiger partial charge is 0.352 e. The molecule has 2 N–H and O–H groups in total. The molecule has 2 amide bonds. The Kier molecular flexibility index (Phi) is 9.98. The van der Waals surface area contributed by atoms with Crippen LogP contribution in [0.1, 0.15) is 50.4 Å². The van der Waals surface area contributed by atoms with E-state index < -0.39 is 6.04 Å². The zero-order chi connectivity index (χ0) is 18.8. The topological polar surface area (TPSA) is 58.2 Å². The van der Waals surface area contributed by atoms with Crippen molar-refractivity contribution in [2.24, 2.45) is 5.92 Å². The van der Waals surface area contributed by atoms with Gasteiger partial charge in [-0.25, -0.2) is 0 Å². The van der Waals surface area contributed by atoms with Gasteiger partial charge in [0.15, 0.2) is 0 Å². The summed E-state index contributed by atoms with van der Waals surface area (Å²) in [6, 6.07) is 6.38. The van der Waals surface area contributed by atoms with Crippen molar-refractivity contribution in [3.63, 3.8) is 0 Å². The molecule has 0 unspecified atom stereocenters. The van der Waals surface area contributed by atoms with E-state index >= 15 is 0 Å². The summed E-state index contributed by atoms with van der Waals surface area (Å²) >= 11 is 7.73. The number of amides is 2. The third-order valence-corrected chi connectivity index (χ3v) is 4.89. The molecule has 0 aliphatic heterocycles. The molecule has 0 heterocycles. The zero-order valence-corrected chi connectivity index (χ0v) is 17.0. The van der Waals surface area contributed by atoms with Crippen molar-refractivity contribution in [2.45, 2.75) is 52.1 Å². The highest BCUT2D eigenvalue weighted by Gasteiger charge is 2.23. The van der Waals surface area contributed by atoms with Gasteiger partial charge in [0.1, 0.15) is 6.04 Å². The van der Waals surface area contributed by atoms with E-state index in [4.69, 9.17) is 11.6 Å². The van der Waals surface area contributed by atoms with Crippen molar-refractivity contribution < 1.29 is 9.59 Å². The second kappa shape index (κ2) is 11.4. The first kappa shape index (κ1) is 21.8. The fourth-order valence-corrected chi connectivity index (χ4v) is 3.08. The molecule has 4 nitrogen and oxygen atoms in total. The normalized spacial score (nSPS) is 13.4. The SMILES string of the molecule is CSCC[C@H](NC(=O)c1ccccc1Cl)C(=O)N[C@@H](C)CCC(C)C. The van der Waals surface area contributed by atoms with Crippen molar-refractivity contribution in [2.75, 3.05) is 12.0 Å². The lowest BCUT2D eigenvalue weighted by atomic mass is 10.0. The van der Waals surface area contributed by atoms with Gasteiger partial charge < -0.3 is 10.6 Å². The molecule has 0 radical (unpaired) electrons. The first-order valence-electron chi connectivity index (χ1n) is 8.69. The van der Waals surface area contributed by atoms with Gasteiger partial charge in [0.2, 0.25) is 5.91 Å². The molecule has 0 bridgehead atoms. The highest BCUT2D eigenvalue weighted by Crippen LogP contribution is 2.15. The van der Waals surface area contributed by atoms with E-state index in [1.54, 1.807) is 36.0 Å². The molecule has 0 aliphatic rings. The van der Waals surface area contributed by atoms with Crippen LogP contribution in [0.25, 0.3) is 0 Å². The van der Waals surface area contributed by atoms with Crippen molar-refractivity contribution >= 4 is 35.2 Å². The maximum absolute atomic E-state index is 12.6. The van der Waals surface area contributed by atoms with Crippen LogP contribution in [0, 0.1) is 5.92 Å². The number of carbonyl (C=O) groups is 2. The third kappa shape index (κ3) is 8.15. The predicted molar refractivity (Wildman–Crippen MR) is 107 cm³/mol. The van der Waals surface area contributed by atoms with Crippen molar-refractivity contribution in [3.05, 3.63) is 34.9 Å². The van der Waals surface area contributed by atoms with Gasteiger partial charge in [-0.3, -0.25) is 9.59 Å². The van der Waals surface area contributed by atoms with E-state index in [-0.39, 0.29) is 17.9 Å². The minimum absolute atomic E-state index is 0.0869. The van der Waals surface area contributed by atoms with Crippen LogP contribution in [0.2, 0.25) is 5.02 Å². The van der Waals surface area contributed by atoms with Gasteiger partial charge in [0, 0.05) is 6.04 Å². The van der Waals surface area contributed by atoms with E-state index in [2.05, 4.69) is 24.5 Å². The van der Waals surface area contributed by atoms with Crippen LogP contribution in [0.3, 0.4) is 0 Å². The number of benzene rings is 1. The first-order chi connectivity index (χ1) is 11.8. The third-order valence-electron chi connectivity index (χ3n) is 3.92. The molecule has 0 saturated carbocycles. The summed E-state index contributed by atoms with van der Waals surface area (Å²) in [5.74, 6) is 0.945. The summed E-state index contributed by atoms with van der Waals surface area (Å²) in [6.07, 6.45) is 4.55. The Morgan fingerprint density at radius 2 is 1.76 bits per heavy atom. The molecule has 0 spiro atoms. The second-order valence-corrected chi connectivity index (χ2v) is 8.06. The summed E-state index contributed by atoms with van der Waals surface area (Å²) in [5, 5.41) is 6.23. The van der Waals surface area contributed by atoms with Gasteiger partial charge in [-0.15, -0.1) is 0 Å². The first-order valence-corrected chi connectivity index (χ1v) is 10.5. The Labute approximate surface area is 160 Å². The molecule has 0 saturated heterocycles. The second-order valence-electron chi connectivity index (χ2n) is 6.67.